The number of rotatable bonds is 5. The summed E-state index contributed by atoms with van der Waals surface area (Å²) < 4.78 is 26.2. The van der Waals surface area contributed by atoms with Crippen LogP contribution in [0.25, 0.3) is 0 Å². The second kappa shape index (κ2) is 6.12. The summed E-state index contributed by atoms with van der Waals surface area (Å²) in [6, 6.07) is 3.39. The van der Waals surface area contributed by atoms with Gasteiger partial charge in [-0.1, -0.05) is 0 Å². The van der Waals surface area contributed by atoms with Crippen molar-refractivity contribution in [2.24, 2.45) is 0 Å². The van der Waals surface area contributed by atoms with Crippen molar-refractivity contribution in [1.82, 2.24) is 15.2 Å². The van der Waals surface area contributed by atoms with E-state index in [1.54, 1.807) is 18.3 Å². The molecule has 0 saturated carbocycles. The van der Waals surface area contributed by atoms with Crippen LogP contribution in [0.2, 0.25) is 0 Å². The highest BCUT2D eigenvalue weighted by atomic mass is 32.2. The van der Waals surface area contributed by atoms with Gasteiger partial charge in [0.25, 0.3) is 0 Å². The van der Waals surface area contributed by atoms with E-state index in [0.29, 0.717) is 12.2 Å². The Morgan fingerprint density at radius 1 is 1.39 bits per heavy atom. The molecule has 6 nitrogen and oxygen atoms in total. The standard InChI is InChI=1S/C11H18N4O2S/c16-18(17,14-11-2-1-3-13-10-11)9-8-15-6-4-12-5-7-15/h1-3,10,12,14H,4-9H2. The number of sulfonamides is 1. The molecule has 1 aliphatic heterocycles. The van der Waals surface area contributed by atoms with Gasteiger partial charge in [0, 0.05) is 38.9 Å². The Balaban J connectivity index is 1.83. The highest BCUT2D eigenvalue weighted by molar-refractivity contribution is 7.92. The van der Waals surface area contributed by atoms with Crippen LogP contribution in [-0.2, 0) is 10.0 Å². The van der Waals surface area contributed by atoms with Gasteiger partial charge in [0.05, 0.1) is 17.6 Å². The molecule has 100 valence electrons. The van der Waals surface area contributed by atoms with Gasteiger partial charge >= 0.3 is 0 Å². The zero-order valence-corrected chi connectivity index (χ0v) is 11.0. The summed E-state index contributed by atoms with van der Waals surface area (Å²) in [5.74, 6) is 0.113. The average Bonchev–Trinajstić information content (AvgIpc) is 2.38. The highest BCUT2D eigenvalue weighted by Crippen LogP contribution is 2.06. The summed E-state index contributed by atoms with van der Waals surface area (Å²) in [5, 5.41) is 3.24. The molecule has 0 spiro atoms. The van der Waals surface area contributed by atoms with Crippen LogP contribution in [0.1, 0.15) is 0 Å². The van der Waals surface area contributed by atoms with Crippen molar-refractivity contribution in [2.75, 3.05) is 43.2 Å². The lowest BCUT2D eigenvalue weighted by molar-refractivity contribution is 0.254. The first-order valence-corrected chi connectivity index (χ1v) is 7.64. The van der Waals surface area contributed by atoms with Crippen LogP contribution in [-0.4, -0.2) is 56.8 Å². The van der Waals surface area contributed by atoms with Crippen LogP contribution in [0, 0.1) is 0 Å². The third-order valence-corrected chi connectivity index (χ3v) is 4.09. The van der Waals surface area contributed by atoms with Gasteiger partial charge < -0.3 is 5.32 Å². The van der Waals surface area contributed by atoms with E-state index in [9.17, 15) is 8.42 Å². The summed E-state index contributed by atoms with van der Waals surface area (Å²) in [4.78, 5) is 6.02. The number of nitrogens with one attached hydrogen (secondary N) is 2. The molecule has 0 radical (unpaired) electrons. The first-order valence-electron chi connectivity index (χ1n) is 5.99. The lowest BCUT2D eigenvalue weighted by Crippen LogP contribution is -2.45. The van der Waals surface area contributed by atoms with Crippen molar-refractivity contribution in [1.29, 1.82) is 0 Å². The van der Waals surface area contributed by atoms with Gasteiger partial charge in [0.2, 0.25) is 10.0 Å². The van der Waals surface area contributed by atoms with Crippen molar-refractivity contribution in [3.8, 4) is 0 Å². The van der Waals surface area contributed by atoms with E-state index in [2.05, 4.69) is 19.9 Å². The fourth-order valence-corrected chi connectivity index (χ4v) is 2.92. The van der Waals surface area contributed by atoms with Crippen molar-refractivity contribution >= 4 is 15.7 Å². The number of pyridine rings is 1. The van der Waals surface area contributed by atoms with Crippen molar-refractivity contribution in [3.05, 3.63) is 24.5 Å². The van der Waals surface area contributed by atoms with E-state index in [0.717, 1.165) is 26.2 Å². The normalized spacial score (nSPS) is 17.6. The van der Waals surface area contributed by atoms with Gasteiger partial charge in [-0.05, 0) is 12.1 Å². The van der Waals surface area contributed by atoms with Crippen LogP contribution in [0.5, 0.6) is 0 Å². The topological polar surface area (TPSA) is 74.3 Å². The molecule has 0 aromatic carbocycles. The number of piperazine rings is 1. The van der Waals surface area contributed by atoms with Gasteiger partial charge in [0.15, 0.2) is 0 Å². The van der Waals surface area contributed by atoms with Crippen LogP contribution >= 0.6 is 0 Å². The van der Waals surface area contributed by atoms with Gasteiger partial charge in [-0.15, -0.1) is 0 Å². The molecular formula is C11H18N4O2S. The molecular weight excluding hydrogens is 252 g/mol. The van der Waals surface area contributed by atoms with E-state index in [1.807, 2.05) is 0 Å². The van der Waals surface area contributed by atoms with Crippen molar-refractivity contribution in [3.63, 3.8) is 0 Å². The van der Waals surface area contributed by atoms with Gasteiger partial charge in [0.1, 0.15) is 0 Å². The van der Waals surface area contributed by atoms with Crippen molar-refractivity contribution < 1.29 is 8.42 Å². The minimum atomic E-state index is -3.29. The molecule has 18 heavy (non-hydrogen) atoms. The molecule has 0 aliphatic carbocycles. The molecule has 0 unspecified atom stereocenters. The van der Waals surface area contributed by atoms with E-state index < -0.39 is 10.0 Å². The van der Waals surface area contributed by atoms with Crippen LogP contribution in [0.15, 0.2) is 24.5 Å². The highest BCUT2D eigenvalue weighted by Gasteiger charge is 2.15. The molecule has 1 aromatic rings. The fourth-order valence-electron chi connectivity index (χ4n) is 1.84. The molecule has 2 N–H and O–H groups in total. The number of hydrogen-bond donors (Lipinski definition) is 2. The summed E-state index contributed by atoms with van der Waals surface area (Å²) in [5.41, 5.74) is 0.512. The molecule has 1 saturated heterocycles. The molecule has 1 aliphatic rings. The lowest BCUT2D eigenvalue weighted by Gasteiger charge is -2.26. The van der Waals surface area contributed by atoms with Gasteiger partial charge in [-0.3, -0.25) is 14.6 Å². The molecule has 2 heterocycles. The first kappa shape index (κ1) is 13.3. The predicted molar refractivity (Wildman–Crippen MR) is 71.0 cm³/mol. The lowest BCUT2D eigenvalue weighted by atomic mass is 10.4. The Bertz CT molecular complexity index is 457. The van der Waals surface area contributed by atoms with E-state index >= 15 is 0 Å². The van der Waals surface area contributed by atoms with E-state index in [1.165, 1.54) is 6.20 Å². The second-order valence-electron chi connectivity index (χ2n) is 4.25. The third kappa shape index (κ3) is 4.25. The molecule has 1 fully saturated rings. The summed E-state index contributed by atoms with van der Waals surface area (Å²) in [7, 11) is -3.29. The monoisotopic (exact) mass is 270 g/mol. The molecule has 7 heteroatoms. The first-order chi connectivity index (χ1) is 8.66. The molecule has 0 bridgehead atoms. The van der Waals surface area contributed by atoms with Crippen LogP contribution in [0.3, 0.4) is 0 Å². The smallest absolute Gasteiger partial charge is 0.234 e. The largest absolute Gasteiger partial charge is 0.314 e. The molecule has 1 aromatic heterocycles. The maximum atomic E-state index is 11.9. The number of hydrogen-bond acceptors (Lipinski definition) is 5. The van der Waals surface area contributed by atoms with Crippen molar-refractivity contribution in [2.45, 2.75) is 0 Å². The minimum Gasteiger partial charge on any atom is -0.314 e. The SMILES string of the molecule is O=S(=O)(CCN1CCNCC1)Nc1cccnc1. The van der Waals surface area contributed by atoms with Crippen LogP contribution in [0.4, 0.5) is 5.69 Å². The number of aromatic nitrogens is 1. The quantitative estimate of drug-likeness (QED) is 0.770. The number of anilines is 1. The van der Waals surface area contributed by atoms with E-state index in [4.69, 9.17) is 0 Å². The fraction of sp³-hybridized carbons (Fsp3) is 0.545. The minimum absolute atomic E-state index is 0.113. The van der Waals surface area contributed by atoms with Gasteiger partial charge in [-0.2, -0.15) is 0 Å². The average molecular weight is 270 g/mol. The van der Waals surface area contributed by atoms with E-state index in [-0.39, 0.29) is 5.75 Å². The zero-order valence-electron chi connectivity index (χ0n) is 10.2. The van der Waals surface area contributed by atoms with Crippen LogP contribution < -0.4 is 10.0 Å². The maximum absolute atomic E-state index is 11.9. The number of nitrogens with zero attached hydrogens (tertiary/aromatic N) is 2. The Morgan fingerprint density at radius 2 is 2.17 bits per heavy atom. The third-order valence-electron chi connectivity index (χ3n) is 2.82. The Hall–Kier alpha value is -1.18. The predicted octanol–water partition coefficient (Wildman–Crippen LogP) is -0.271. The molecule has 0 atom stereocenters. The summed E-state index contributed by atoms with van der Waals surface area (Å²) in [6.45, 7) is 4.23. The summed E-state index contributed by atoms with van der Waals surface area (Å²) in [6.07, 6.45) is 3.11. The Labute approximate surface area is 107 Å². The van der Waals surface area contributed by atoms with Gasteiger partial charge in [-0.25, -0.2) is 8.42 Å². The zero-order chi connectivity index (χ0) is 12.8. The summed E-state index contributed by atoms with van der Waals surface area (Å²) >= 11 is 0. The molecule has 0 amide bonds. The maximum Gasteiger partial charge on any atom is 0.234 e. The second-order valence-corrected chi connectivity index (χ2v) is 6.10. The Morgan fingerprint density at radius 3 is 2.83 bits per heavy atom. The Kier molecular flexibility index (Phi) is 4.51. The molecule has 2 rings (SSSR count).